The second kappa shape index (κ2) is 9.23. The highest BCUT2D eigenvalue weighted by molar-refractivity contribution is 6.30. The molecule has 0 aliphatic carbocycles. The summed E-state index contributed by atoms with van der Waals surface area (Å²) in [6.07, 6.45) is 0. The lowest BCUT2D eigenvalue weighted by atomic mass is 10.2. The van der Waals surface area contributed by atoms with E-state index in [0.717, 1.165) is 11.3 Å². The third kappa shape index (κ3) is 5.01. The van der Waals surface area contributed by atoms with Crippen molar-refractivity contribution in [3.05, 3.63) is 59.4 Å². The van der Waals surface area contributed by atoms with Crippen molar-refractivity contribution in [2.75, 3.05) is 20.3 Å². The second-order valence-electron chi connectivity index (χ2n) is 5.89. The molecule has 0 atom stereocenters. The molecule has 3 aromatic rings. The highest BCUT2D eigenvalue weighted by Gasteiger charge is 2.17. The van der Waals surface area contributed by atoms with Crippen LogP contribution < -0.4 is 9.47 Å². The van der Waals surface area contributed by atoms with Gasteiger partial charge >= 0.3 is 0 Å². The molecule has 0 N–H and O–H groups in total. The van der Waals surface area contributed by atoms with Crippen LogP contribution in [0.1, 0.15) is 12.8 Å². The van der Waals surface area contributed by atoms with Crippen LogP contribution in [0.15, 0.2) is 53.1 Å². The van der Waals surface area contributed by atoms with Crippen LogP contribution in [0.3, 0.4) is 0 Å². The van der Waals surface area contributed by atoms with E-state index < -0.39 is 0 Å². The lowest BCUT2D eigenvalue weighted by Gasteiger charge is -2.18. The molecule has 2 aromatic carbocycles. The van der Waals surface area contributed by atoms with Crippen molar-refractivity contribution in [3.63, 3.8) is 0 Å². The summed E-state index contributed by atoms with van der Waals surface area (Å²) in [6.45, 7) is 2.49. The molecule has 0 aliphatic rings. The summed E-state index contributed by atoms with van der Waals surface area (Å²) >= 11 is 5.84. The Hall–Kier alpha value is -3.06. The number of carbonyl (C=O) groups excluding carboxylic acids is 1. The van der Waals surface area contributed by atoms with Crippen LogP contribution in [0.2, 0.25) is 5.02 Å². The van der Waals surface area contributed by atoms with E-state index in [1.807, 2.05) is 31.2 Å². The molecule has 1 aromatic heterocycles. The van der Waals surface area contributed by atoms with Gasteiger partial charge in [-0.1, -0.05) is 16.8 Å². The molecule has 0 aliphatic heterocycles. The van der Waals surface area contributed by atoms with Crippen molar-refractivity contribution < 1.29 is 18.8 Å². The predicted octanol–water partition coefficient (Wildman–Crippen LogP) is 3.83. The van der Waals surface area contributed by atoms with E-state index in [-0.39, 0.29) is 19.1 Å². The maximum absolute atomic E-state index is 12.4. The van der Waals surface area contributed by atoms with E-state index in [2.05, 4.69) is 10.1 Å². The largest absolute Gasteiger partial charge is 0.497 e. The van der Waals surface area contributed by atoms with Gasteiger partial charge in [-0.25, -0.2) is 0 Å². The van der Waals surface area contributed by atoms with Gasteiger partial charge in [-0.2, -0.15) is 4.98 Å². The molecule has 0 fully saturated rings. The number of hydrogen-bond acceptors (Lipinski definition) is 6. The fourth-order valence-corrected chi connectivity index (χ4v) is 2.61. The summed E-state index contributed by atoms with van der Waals surface area (Å²) in [6, 6.07) is 14.2. The molecule has 1 amide bonds. The molecule has 28 heavy (non-hydrogen) atoms. The molecular weight excluding hydrogens is 382 g/mol. The summed E-state index contributed by atoms with van der Waals surface area (Å²) in [5.41, 5.74) is 0.802. The number of carbonyl (C=O) groups is 1. The van der Waals surface area contributed by atoms with Crippen molar-refractivity contribution >= 4 is 17.5 Å². The lowest BCUT2D eigenvalue weighted by molar-refractivity contribution is -0.134. The number of ether oxygens (including phenoxy) is 2. The zero-order chi connectivity index (χ0) is 19.9. The Bertz CT molecular complexity index is 910. The Morgan fingerprint density at radius 1 is 1.11 bits per heavy atom. The standard InChI is InChI=1S/C20H20ClN3O4/c1-3-24(19(25)13-27-17-10-6-15(21)7-11-17)12-18-22-20(23-28-18)14-4-8-16(26-2)9-5-14/h4-11H,3,12-13H2,1-2H3. The normalized spacial score (nSPS) is 10.5. The number of halogens is 1. The van der Waals surface area contributed by atoms with E-state index in [9.17, 15) is 4.79 Å². The lowest BCUT2D eigenvalue weighted by Crippen LogP contribution is -2.34. The minimum Gasteiger partial charge on any atom is -0.497 e. The van der Waals surface area contributed by atoms with E-state index in [1.165, 1.54) is 0 Å². The smallest absolute Gasteiger partial charge is 0.260 e. The van der Waals surface area contributed by atoms with Gasteiger partial charge in [-0.05, 0) is 55.5 Å². The van der Waals surface area contributed by atoms with Gasteiger partial charge in [-0.3, -0.25) is 4.79 Å². The third-order valence-corrected chi connectivity index (χ3v) is 4.30. The fraction of sp³-hybridized carbons (Fsp3) is 0.250. The second-order valence-corrected chi connectivity index (χ2v) is 6.33. The topological polar surface area (TPSA) is 77.7 Å². The number of rotatable bonds is 8. The van der Waals surface area contributed by atoms with Crippen molar-refractivity contribution in [2.45, 2.75) is 13.5 Å². The molecule has 3 rings (SSSR count). The average Bonchev–Trinajstić information content (AvgIpc) is 3.20. The first-order valence-electron chi connectivity index (χ1n) is 8.72. The Labute approximate surface area is 167 Å². The third-order valence-electron chi connectivity index (χ3n) is 4.05. The first-order valence-corrected chi connectivity index (χ1v) is 9.10. The molecule has 0 unspecified atom stereocenters. The van der Waals surface area contributed by atoms with Gasteiger partial charge < -0.3 is 18.9 Å². The number of aromatic nitrogens is 2. The number of nitrogens with zero attached hydrogens (tertiary/aromatic N) is 3. The molecule has 0 saturated heterocycles. The van der Waals surface area contributed by atoms with Crippen LogP contribution >= 0.6 is 11.6 Å². The number of likely N-dealkylation sites (N-methyl/N-ethyl adjacent to an activating group) is 1. The van der Waals surface area contributed by atoms with Gasteiger partial charge in [0.15, 0.2) is 6.61 Å². The molecule has 8 heteroatoms. The van der Waals surface area contributed by atoms with E-state index in [1.54, 1.807) is 36.3 Å². The van der Waals surface area contributed by atoms with Gasteiger partial charge in [-0.15, -0.1) is 0 Å². The van der Waals surface area contributed by atoms with Crippen molar-refractivity contribution in [3.8, 4) is 22.9 Å². The summed E-state index contributed by atoms with van der Waals surface area (Å²) < 4.78 is 15.9. The molecule has 7 nitrogen and oxygen atoms in total. The zero-order valence-electron chi connectivity index (χ0n) is 15.6. The fourth-order valence-electron chi connectivity index (χ4n) is 2.48. The monoisotopic (exact) mass is 401 g/mol. The average molecular weight is 402 g/mol. The number of methoxy groups -OCH3 is 1. The van der Waals surface area contributed by atoms with Gasteiger partial charge in [0.25, 0.3) is 5.91 Å². The summed E-state index contributed by atoms with van der Waals surface area (Å²) in [5.74, 6) is 1.96. The molecule has 0 bridgehead atoms. The van der Waals surface area contributed by atoms with Crippen molar-refractivity contribution in [1.82, 2.24) is 15.0 Å². The number of hydrogen-bond donors (Lipinski definition) is 0. The summed E-state index contributed by atoms with van der Waals surface area (Å²) in [5, 5.41) is 4.59. The molecule has 0 spiro atoms. The van der Waals surface area contributed by atoms with E-state index in [4.69, 9.17) is 25.6 Å². The van der Waals surface area contributed by atoms with E-state index >= 15 is 0 Å². The minimum atomic E-state index is -0.179. The van der Waals surface area contributed by atoms with E-state index in [0.29, 0.717) is 29.0 Å². The first kappa shape index (κ1) is 19.7. The highest BCUT2D eigenvalue weighted by atomic mass is 35.5. The first-order chi connectivity index (χ1) is 13.6. The predicted molar refractivity (Wildman–Crippen MR) is 104 cm³/mol. The molecule has 0 saturated carbocycles. The van der Waals surface area contributed by atoms with Crippen LogP contribution in [0.25, 0.3) is 11.4 Å². The Balaban J connectivity index is 1.59. The molecule has 0 radical (unpaired) electrons. The highest BCUT2D eigenvalue weighted by Crippen LogP contribution is 2.20. The zero-order valence-corrected chi connectivity index (χ0v) is 16.3. The molecule has 1 heterocycles. The Morgan fingerprint density at radius 2 is 1.79 bits per heavy atom. The SMILES string of the molecule is CCN(Cc1nc(-c2ccc(OC)cc2)no1)C(=O)COc1ccc(Cl)cc1. The van der Waals surface area contributed by atoms with Gasteiger partial charge in [0.05, 0.1) is 7.11 Å². The molecule has 146 valence electrons. The summed E-state index contributed by atoms with van der Waals surface area (Å²) in [7, 11) is 1.61. The quantitative estimate of drug-likeness (QED) is 0.571. The van der Waals surface area contributed by atoms with Crippen LogP contribution in [-0.4, -0.2) is 41.2 Å². The van der Waals surface area contributed by atoms with Gasteiger partial charge in [0.1, 0.15) is 18.0 Å². The number of amides is 1. The minimum absolute atomic E-state index is 0.0883. The van der Waals surface area contributed by atoms with Gasteiger partial charge in [0.2, 0.25) is 11.7 Å². The van der Waals surface area contributed by atoms with Crippen molar-refractivity contribution in [2.24, 2.45) is 0 Å². The number of benzene rings is 2. The summed E-state index contributed by atoms with van der Waals surface area (Å²) in [4.78, 5) is 18.4. The maximum Gasteiger partial charge on any atom is 0.260 e. The van der Waals surface area contributed by atoms with Crippen LogP contribution in [-0.2, 0) is 11.3 Å². The van der Waals surface area contributed by atoms with Crippen LogP contribution in [0, 0.1) is 0 Å². The maximum atomic E-state index is 12.4. The van der Waals surface area contributed by atoms with Crippen LogP contribution in [0.5, 0.6) is 11.5 Å². The Morgan fingerprint density at radius 3 is 2.43 bits per heavy atom. The van der Waals surface area contributed by atoms with Gasteiger partial charge in [0, 0.05) is 17.1 Å². The Kier molecular flexibility index (Phi) is 6.49. The van der Waals surface area contributed by atoms with Crippen molar-refractivity contribution in [1.29, 1.82) is 0 Å². The van der Waals surface area contributed by atoms with Crippen LogP contribution in [0.4, 0.5) is 0 Å². The molecular formula is C20H20ClN3O4.